The third kappa shape index (κ3) is 1.09. The van der Waals surface area contributed by atoms with Crippen LogP contribution < -0.4 is 0 Å². The van der Waals surface area contributed by atoms with Crippen LogP contribution in [0.4, 0.5) is 0 Å². The van der Waals surface area contributed by atoms with E-state index >= 15 is 0 Å². The predicted octanol–water partition coefficient (Wildman–Crippen LogP) is 1.78. The molecule has 2 aromatic heterocycles. The second-order valence-corrected chi connectivity index (χ2v) is 2.62. The summed E-state index contributed by atoms with van der Waals surface area (Å²) in [4.78, 5) is 4.22. The van der Waals surface area contributed by atoms with Crippen molar-refractivity contribution < 1.29 is 0 Å². The highest BCUT2D eigenvalue weighted by Gasteiger charge is 2.02. The number of hydrogen-bond donors (Lipinski definition) is 1. The maximum atomic E-state index is 4.22. The van der Waals surface area contributed by atoms with Gasteiger partial charge in [-0.25, -0.2) is 0 Å². The number of aryl methyl sites for hydroxylation is 1. The van der Waals surface area contributed by atoms with Gasteiger partial charge in [-0.2, -0.15) is 5.10 Å². The van der Waals surface area contributed by atoms with Crippen LogP contribution >= 0.6 is 0 Å². The van der Waals surface area contributed by atoms with E-state index in [0.29, 0.717) is 0 Å². The molecule has 0 radical (unpaired) electrons. The predicted molar refractivity (Wildman–Crippen MR) is 46.6 cm³/mol. The fraction of sp³-hybridized carbons (Fsp3) is 0.111. The number of nitrogens with zero attached hydrogens (tertiary/aromatic N) is 2. The third-order valence-corrected chi connectivity index (χ3v) is 1.77. The van der Waals surface area contributed by atoms with Crippen molar-refractivity contribution in [3.05, 3.63) is 36.3 Å². The summed E-state index contributed by atoms with van der Waals surface area (Å²) in [5.41, 5.74) is 3.08. The fourth-order valence-electron chi connectivity index (χ4n) is 1.13. The van der Waals surface area contributed by atoms with Gasteiger partial charge in [0.1, 0.15) is 0 Å². The van der Waals surface area contributed by atoms with E-state index in [1.165, 1.54) is 0 Å². The fourth-order valence-corrected chi connectivity index (χ4v) is 1.13. The van der Waals surface area contributed by atoms with E-state index in [9.17, 15) is 0 Å². The maximum absolute atomic E-state index is 4.22. The van der Waals surface area contributed by atoms with Crippen LogP contribution in [-0.4, -0.2) is 15.2 Å². The zero-order chi connectivity index (χ0) is 8.39. The van der Waals surface area contributed by atoms with E-state index in [4.69, 9.17) is 0 Å². The van der Waals surface area contributed by atoms with Gasteiger partial charge >= 0.3 is 0 Å². The van der Waals surface area contributed by atoms with Crippen LogP contribution in [0.2, 0.25) is 0 Å². The van der Waals surface area contributed by atoms with Crippen molar-refractivity contribution >= 4 is 0 Å². The summed E-state index contributed by atoms with van der Waals surface area (Å²) in [6, 6.07) is 5.84. The molecule has 0 saturated carbocycles. The number of rotatable bonds is 1. The van der Waals surface area contributed by atoms with Crippen molar-refractivity contribution in [2.75, 3.05) is 0 Å². The molecule has 60 valence electrons. The number of nitrogens with one attached hydrogen (secondary N) is 1. The lowest BCUT2D eigenvalue weighted by Gasteiger charge is -1.95. The highest BCUT2D eigenvalue weighted by Crippen LogP contribution is 2.17. The second kappa shape index (κ2) is 2.77. The molecule has 12 heavy (non-hydrogen) atoms. The lowest BCUT2D eigenvalue weighted by atomic mass is 10.2. The molecule has 0 unspecified atom stereocenters. The van der Waals surface area contributed by atoms with Gasteiger partial charge in [-0.3, -0.25) is 10.1 Å². The van der Waals surface area contributed by atoms with E-state index in [2.05, 4.69) is 15.2 Å². The van der Waals surface area contributed by atoms with Gasteiger partial charge in [0.05, 0.1) is 11.9 Å². The Morgan fingerprint density at radius 2 is 2.25 bits per heavy atom. The summed E-state index contributed by atoms with van der Waals surface area (Å²) in [6.45, 7) is 1.98. The van der Waals surface area contributed by atoms with Crippen molar-refractivity contribution in [1.82, 2.24) is 15.2 Å². The standard InChI is InChI=1S/C9H9N3/c1-7-8(6-11-12-7)9-4-2-3-5-10-9/h2-6H,1H3,(H,11,12). The molecule has 0 aliphatic heterocycles. The lowest BCUT2D eigenvalue weighted by Crippen LogP contribution is -1.81. The van der Waals surface area contributed by atoms with Crippen LogP contribution in [0.3, 0.4) is 0 Å². The molecule has 2 aromatic rings. The minimum absolute atomic E-state index is 0.962. The Balaban J connectivity index is 2.51. The zero-order valence-electron chi connectivity index (χ0n) is 6.78. The van der Waals surface area contributed by atoms with Crippen molar-refractivity contribution in [3.8, 4) is 11.3 Å². The molecule has 0 aliphatic rings. The minimum Gasteiger partial charge on any atom is -0.282 e. The molecule has 0 bridgehead atoms. The van der Waals surface area contributed by atoms with E-state index in [1.54, 1.807) is 12.4 Å². The van der Waals surface area contributed by atoms with Crippen molar-refractivity contribution in [2.45, 2.75) is 6.92 Å². The van der Waals surface area contributed by atoms with Crippen molar-refractivity contribution in [2.24, 2.45) is 0 Å². The van der Waals surface area contributed by atoms with Gasteiger partial charge in [-0.05, 0) is 19.1 Å². The first-order chi connectivity index (χ1) is 5.88. The van der Waals surface area contributed by atoms with E-state index in [-0.39, 0.29) is 0 Å². The maximum Gasteiger partial charge on any atom is 0.0736 e. The molecule has 3 nitrogen and oxygen atoms in total. The monoisotopic (exact) mass is 159 g/mol. The Labute approximate surface area is 70.5 Å². The van der Waals surface area contributed by atoms with Crippen LogP contribution in [0.15, 0.2) is 30.6 Å². The summed E-state index contributed by atoms with van der Waals surface area (Å²) < 4.78 is 0. The summed E-state index contributed by atoms with van der Waals surface area (Å²) in [5, 5.41) is 6.81. The molecule has 0 spiro atoms. The SMILES string of the molecule is Cc1[nH]ncc1-c1ccccn1. The highest BCUT2D eigenvalue weighted by atomic mass is 15.1. The van der Waals surface area contributed by atoms with Crippen molar-refractivity contribution in [3.63, 3.8) is 0 Å². The molecule has 0 fully saturated rings. The number of aromatic nitrogens is 3. The second-order valence-electron chi connectivity index (χ2n) is 2.62. The number of pyridine rings is 1. The minimum atomic E-state index is 0.962. The van der Waals surface area contributed by atoms with Gasteiger partial charge < -0.3 is 0 Å². The van der Waals surface area contributed by atoms with Crippen LogP contribution in [0.25, 0.3) is 11.3 Å². The first kappa shape index (κ1) is 7.03. The molecule has 0 aliphatic carbocycles. The zero-order valence-corrected chi connectivity index (χ0v) is 6.78. The molecule has 1 N–H and O–H groups in total. The Morgan fingerprint density at radius 3 is 2.83 bits per heavy atom. The van der Waals surface area contributed by atoms with E-state index in [0.717, 1.165) is 17.0 Å². The van der Waals surface area contributed by atoms with Crippen LogP contribution in [0.1, 0.15) is 5.69 Å². The number of hydrogen-bond acceptors (Lipinski definition) is 2. The average Bonchev–Trinajstić information content (AvgIpc) is 2.53. The van der Waals surface area contributed by atoms with Gasteiger partial charge in [0.2, 0.25) is 0 Å². The third-order valence-electron chi connectivity index (χ3n) is 1.77. The topological polar surface area (TPSA) is 41.6 Å². The van der Waals surface area contributed by atoms with Gasteiger partial charge in [-0.15, -0.1) is 0 Å². The normalized spacial score (nSPS) is 10.1. The largest absolute Gasteiger partial charge is 0.282 e. The summed E-state index contributed by atoms with van der Waals surface area (Å²) in [5.74, 6) is 0. The summed E-state index contributed by atoms with van der Waals surface area (Å²) >= 11 is 0. The molecule has 2 rings (SSSR count). The molecule has 3 heteroatoms. The number of H-pyrrole nitrogens is 1. The van der Waals surface area contributed by atoms with Gasteiger partial charge in [0.15, 0.2) is 0 Å². The Kier molecular flexibility index (Phi) is 1.63. The van der Waals surface area contributed by atoms with Gasteiger partial charge in [0.25, 0.3) is 0 Å². The molecule has 0 atom stereocenters. The molecule has 0 amide bonds. The summed E-state index contributed by atoms with van der Waals surface area (Å²) in [7, 11) is 0. The highest BCUT2D eigenvalue weighted by molar-refractivity contribution is 5.60. The molecular formula is C9H9N3. The Bertz CT molecular complexity index is 364. The molecular weight excluding hydrogens is 150 g/mol. The smallest absolute Gasteiger partial charge is 0.0736 e. The van der Waals surface area contributed by atoms with Crippen LogP contribution in [0.5, 0.6) is 0 Å². The quantitative estimate of drug-likeness (QED) is 0.689. The van der Waals surface area contributed by atoms with Crippen molar-refractivity contribution in [1.29, 1.82) is 0 Å². The molecule has 0 aromatic carbocycles. The molecule has 0 saturated heterocycles. The average molecular weight is 159 g/mol. The Morgan fingerprint density at radius 1 is 1.33 bits per heavy atom. The van der Waals surface area contributed by atoms with Gasteiger partial charge in [-0.1, -0.05) is 6.07 Å². The molecule has 2 heterocycles. The Hall–Kier alpha value is -1.64. The van der Waals surface area contributed by atoms with Crippen LogP contribution in [0, 0.1) is 6.92 Å². The first-order valence-corrected chi connectivity index (χ1v) is 3.79. The van der Waals surface area contributed by atoms with E-state index in [1.807, 2.05) is 25.1 Å². The summed E-state index contributed by atoms with van der Waals surface area (Å²) in [6.07, 6.45) is 3.57. The lowest BCUT2D eigenvalue weighted by molar-refractivity contribution is 1.05. The number of aromatic amines is 1. The van der Waals surface area contributed by atoms with Gasteiger partial charge in [0, 0.05) is 17.5 Å². The van der Waals surface area contributed by atoms with E-state index < -0.39 is 0 Å². The van der Waals surface area contributed by atoms with Crippen LogP contribution in [-0.2, 0) is 0 Å². The first-order valence-electron chi connectivity index (χ1n) is 3.79.